The maximum atomic E-state index is 5.93. The van der Waals surface area contributed by atoms with Crippen LogP contribution < -0.4 is 10.6 Å². The van der Waals surface area contributed by atoms with Crippen molar-refractivity contribution in [3.05, 3.63) is 18.2 Å². The van der Waals surface area contributed by atoms with Crippen molar-refractivity contribution in [2.24, 2.45) is 0 Å². The molecule has 3 rings (SSSR count). The van der Waals surface area contributed by atoms with Gasteiger partial charge in [0.15, 0.2) is 5.58 Å². The third kappa shape index (κ3) is 2.58. The standard InChI is InChI=1S/C15H21N3O2/c1-2-9-19-11-5-4-8-18(10-11)15-17-14-12(16)6-3-7-13(14)20-15/h3,6-7,11H,2,4-5,8-10,16H2,1H3. The number of benzene rings is 1. The fourth-order valence-electron chi connectivity index (χ4n) is 2.63. The molecule has 1 aromatic carbocycles. The number of piperidine rings is 1. The second kappa shape index (κ2) is 5.71. The Hall–Kier alpha value is -1.75. The second-order valence-electron chi connectivity index (χ2n) is 5.27. The van der Waals surface area contributed by atoms with Crippen LogP contribution in [0.1, 0.15) is 26.2 Å². The van der Waals surface area contributed by atoms with Crippen molar-refractivity contribution < 1.29 is 9.15 Å². The second-order valence-corrected chi connectivity index (χ2v) is 5.27. The first-order chi connectivity index (χ1) is 9.78. The number of ether oxygens (including phenoxy) is 1. The molecule has 5 heteroatoms. The fourth-order valence-corrected chi connectivity index (χ4v) is 2.63. The highest BCUT2D eigenvalue weighted by Crippen LogP contribution is 2.28. The van der Waals surface area contributed by atoms with E-state index in [1.54, 1.807) is 0 Å². The molecule has 2 aromatic rings. The van der Waals surface area contributed by atoms with Gasteiger partial charge in [-0.05, 0) is 31.4 Å². The highest BCUT2D eigenvalue weighted by atomic mass is 16.5. The van der Waals surface area contributed by atoms with Gasteiger partial charge in [-0.1, -0.05) is 13.0 Å². The number of nitrogens with two attached hydrogens (primary N) is 1. The number of oxazole rings is 1. The average molecular weight is 275 g/mol. The van der Waals surface area contributed by atoms with Gasteiger partial charge in [0.25, 0.3) is 6.01 Å². The molecular formula is C15H21N3O2. The van der Waals surface area contributed by atoms with E-state index in [0.717, 1.165) is 50.1 Å². The van der Waals surface area contributed by atoms with E-state index < -0.39 is 0 Å². The summed E-state index contributed by atoms with van der Waals surface area (Å²) >= 11 is 0. The Morgan fingerprint density at radius 2 is 2.40 bits per heavy atom. The zero-order valence-electron chi connectivity index (χ0n) is 11.8. The smallest absolute Gasteiger partial charge is 0.298 e. The predicted octanol–water partition coefficient (Wildman–Crippen LogP) is 2.81. The number of para-hydroxylation sites is 1. The molecule has 2 heterocycles. The van der Waals surface area contributed by atoms with Crippen LogP contribution in [0.25, 0.3) is 11.1 Å². The topological polar surface area (TPSA) is 64.5 Å². The summed E-state index contributed by atoms with van der Waals surface area (Å²) in [5.74, 6) is 0. The molecule has 0 saturated carbocycles. The lowest BCUT2D eigenvalue weighted by Gasteiger charge is -2.31. The molecule has 1 aliphatic rings. The maximum Gasteiger partial charge on any atom is 0.298 e. The Balaban J connectivity index is 1.78. The van der Waals surface area contributed by atoms with Gasteiger partial charge in [0.05, 0.1) is 11.8 Å². The lowest BCUT2D eigenvalue weighted by Crippen LogP contribution is -2.40. The lowest BCUT2D eigenvalue weighted by atomic mass is 10.1. The summed E-state index contributed by atoms with van der Waals surface area (Å²) in [5, 5.41) is 0. The molecule has 0 radical (unpaired) electrons. The van der Waals surface area contributed by atoms with Crippen molar-refractivity contribution >= 4 is 22.8 Å². The highest BCUT2D eigenvalue weighted by Gasteiger charge is 2.24. The van der Waals surface area contributed by atoms with Crippen LogP contribution in [0.5, 0.6) is 0 Å². The molecular weight excluding hydrogens is 254 g/mol. The van der Waals surface area contributed by atoms with Crippen LogP contribution in [0, 0.1) is 0 Å². The summed E-state index contributed by atoms with van der Waals surface area (Å²) in [7, 11) is 0. The van der Waals surface area contributed by atoms with Crippen LogP contribution in [-0.2, 0) is 4.74 Å². The molecule has 1 fully saturated rings. The van der Waals surface area contributed by atoms with Crippen molar-refractivity contribution in [1.29, 1.82) is 0 Å². The summed E-state index contributed by atoms with van der Waals surface area (Å²) in [6.07, 6.45) is 3.54. The highest BCUT2D eigenvalue weighted by molar-refractivity contribution is 5.86. The summed E-state index contributed by atoms with van der Waals surface area (Å²) in [6, 6.07) is 6.29. The van der Waals surface area contributed by atoms with Gasteiger partial charge in [-0.25, -0.2) is 0 Å². The molecule has 5 nitrogen and oxygen atoms in total. The van der Waals surface area contributed by atoms with Crippen LogP contribution >= 0.6 is 0 Å². The van der Waals surface area contributed by atoms with E-state index in [4.69, 9.17) is 14.9 Å². The largest absolute Gasteiger partial charge is 0.423 e. The molecule has 0 spiro atoms. The van der Waals surface area contributed by atoms with E-state index >= 15 is 0 Å². The van der Waals surface area contributed by atoms with Gasteiger partial charge in [0, 0.05) is 19.7 Å². The zero-order chi connectivity index (χ0) is 13.9. The van der Waals surface area contributed by atoms with Gasteiger partial charge >= 0.3 is 0 Å². The number of hydrogen-bond donors (Lipinski definition) is 1. The fraction of sp³-hybridized carbons (Fsp3) is 0.533. The van der Waals surface area contributed by atoms with Crippen molar-refractivity contribution in [1.82, 2.24) is 4.98 Å². The molecule has 0 amide bonds. The summed E-state index contributed by atoms with van der Waals surface area (Å²) < 4.78 is 11.7. The minimum Gasteiger partial charge on any atom is -0.423 e. The molecule has 108 valence electrons. The third-order valence-electron chi connectivity index (χ3n) is 3.65. The quantitative estimate of drug-likeness (QED) is 0.869. The van der Waals surface area contributed by atoms with Gasteiger partial charge in [0.1, 0.15) is 5.52 Å². The summed E-state index contributed by atoms with van der Waals surface area (Å²) in [5.41, 5.74) is 8.08. The molecule has 0 bridgehead atoms. The van der Waals surface area contributed by atoms with Crippen LogP contribution in [0.4, 0.5) is 11.7 Å². The van der Waals surface area contributed by atoms with E-state index in [1.807, 2.05) is 18.2 Å². The van der Waals surface area contributed by atoms with E-state index in [2.05, 4.69) is 16.8 Å². The normalized spacial score (nSPS) is 19.6. The number of rotatable bonds is 4. The Bertz CT molecular complexity index is 582. The van der Waals surface area contributed by atoms with E-state index in [-0.39, 0.29) is 6.10 Å². The number of anilines is 2. The van der Waals surface area contributed by atoms with Gasteiger partial charge in [-0.15, -0.1) is 0 Å². The van der Waals surface area contributed by atoms with Crippen molar-refractivity contribution in [3.63, 3.8) is 0 Å². The first-order valence-electron chi connectivity index (χ1n) is 7.29. The Labute approximate surface area is 118 Å². The first-order valence-corrected chi connectivity index (χ1v) is 7.29. The van der Waals surface area contributed by atoms with Gasteiger partial charge < -0.3 is 19.8 Å². The first kappa shape index (κ1) is 13.2. The van der Waals surface area contributed by atoms with Crippen LogP contribution in [0.15, 0.2) is 22.6 Å². The Morgan fingerprint density at radius 1 is 1.50 bits per heavy atom. The number of nitrogen functional groups attached to an aromatic ring is 1. The number of nitrogens with zero attached hydrogens (tertiary/aromatic N) is 2. The third-order valence-corrected chi connectivity index (χ3v) is 3.65. The Kier molecular flexibility index (Phi) is 3.78. The molecule has 2 N–H and O–H groups in total. The maximum absolute atomic E-state index is 5.93. The molecule has 1 aromatic heterocycles. The number of fused-ring (bicyclic) bond motifs is 1. The van der Waals surface area contributed by atoms with E-state index in [1.165, 1.54) is 0 Å². The molecule has 20 heavy (non-hydrogen) atoms. The van der Waals surface area contributed by atoms with Crippen molar-refractivity contribution in [3.8, 4) is 0 Å². The van der Waals surface area contributed by atoms with E-state index in [9.17, 15) is 0 Å². The SMILES string of the molecule is CCCOC1CCCN(c2nc3c(N)cccc3o2)C1. The average Bonchev–Trinajstić information content (AvgIpc) is 2.91. The number of hydrogen-bond acceptors (Lipinski definition) is 5. The summed E-state index contributed by atoms with van der Waals surface area (Å²) in [4.78, 5) is 6.69. The minimum absolute atomic E-state index is 0.274. The summed E-state index contributed by atoms with van der Waals surface area (Å²) in [6.45, 7) is 4.74. The van der Waals surface area contributed by atoms with Gasteiger partial charge in [0.2, 0.25) is 0 Å². The molecule has 1 unspecified atom stereocenters. The molecule has 1 saturated heterocycles. The van der Waals surface area contributed by atoms with Crippen LogP contribution in [0.3, 0.4) is 0 Å². The van der Waals surface area contributed by atoms with Gasteiger partial charge in [-0.3, -0.25) is 0 Å². The van der Waals surface area contributed by atoms with E-state index in [0.29, 0.717) is 11.7 Å². The Morgan fingerprint density at radius 3 is 3.20 bits per heavy atom. The van der Waals surface area contributed by atoms with Crippen molar-refractivity contribution in [2.45, 2.75) is 32.3 Å². The van der Waals surface area contributed by atoms with Crippen LogP contribution in [-0.4, -0.2) is 30.8 Å². The van der Waals surface area contributed by atoms with Gasteiger partial charge in [-0.2, -0.15) is 4.98 Å². The lowest BCUT2D eigenvalue weighted by molar-refractivity contribution is 0.0431. The molecule has 1 atom stereocenters. The minimum atomic E-state index is 0.274. The number of aromatic nitrogens is 1. The molecule has 1 aliphatic heterocycles. The predicted molar refractivity (Wildman–Crippen MR) is 79.9 cm³/mol. The monoisotopic (exact) mass is 275 g/mol. The van der Waals surface area contributed by atoms with Crippen molar-refractivity contribution in [2.75, 3.05) is 30.3 Å². The van der Waals surface area contributed by atoms with Crippen LogP contribution in [0.2, 0.25) is 0 Å². The zero-order valence-corrected chi connectivity index (χ0v) is 11.8. The molecule has 0 aliphatic carbocycles.